The second kappa shape index (κ2) is 4.61. The van der Waals surface area contributed by atoms with Crippen LogP contribution < -0.4 is 5.69 Å². The summed E-state index contributed by atoms with van der Waals surface area (Å²) in [7, 11) is 0. The molecule has 0 amide bonds. The van der Waals surface area contributed by atoms with Gasteiger partial charge in [-0.15, -0.1) is 0 Å². The predicted molar refractivity (Wildman–Crippen MR) is 60.8 cm³/mol. The molecule has 2 aromatic rings. The van der Waals surface area contributed by atoms with E-state index in [1.54, 1.807) is 17.0 Å². The van der Waals surface area contributed by atoms with E-state index in [0.29, 0.717) is 12.8 Å². The normalized spacial score (nSPS) is 10.2. The SMILES string of the molecule is O=CCCc1ccccc1-n1cc[nH]c1=O. The number of aromatic amines is 1. The van der Waals surface area contributed by atoms with E-state index in [0.717, 1.165) is 17.5 Å². The van der Waals surface area contributed by atoms with E-state index in [4.69, 9.17) is 0 Å². The van der Waals surface area contributed by atoms with Gasteiger partial charge >= 0.3 is 5.69 Å². The molecule has 0 saturated heterocycles. The Morgan fingerprint density at radius 2 is 2.12 bits per heavy atom. The van der Waals surface area contributed by atoms with Crippen molar-refractivity contribution in [2.45, 2.75) is 12.8 Å². The highest BCUT2D eigenvalue weighted by Crippen LogP contribution is 2.13. The van der Waals surface area contributed by atoms with Crippen LogP contribution in [0.2, 0.25) is 0 Å². The summed E-state index contributed by atoms with van der Waals surface area (Å²) in [5.41, 5.74) is 1.66. The van der Waals surface area contributed by atoms with E-state index in [9.17, 15) is 9.59 Å². The molecular formula is C12H12N2O2. The third-order valence-electron chi connectivity index (χ3n) is 2.43. The van der Waals surface area contributed by atoms with Crippen LogP contribution in [0.1, 0.15) is 12.0 Å². The highest BCUT2D eigenvalue weighted by atomic mass is 16.1. The van der Waals surface area contributed by atoms with Crippen LogP contribution in [0.25, 0.3) is 5.69 Å². The molecule has 2 rings (SSSR count). The lowest BCUT2D eigenvalue weighted by Crippen LogP contribution is -2.15. The van der Waals surface area contributed by atoms with E-state index >= 15 is 0 Å². The van der Waals surface area contributed by atoms with E-state index in [1.165, 1.54) is 0 Å². The van der Waals surface area contributed by atoms with Gasteiger partial charge in [-0.2, -0.15) is 0 Å². The number of carbonyl (C=O) groups is 1. The third kappa shape index (κ3) is 1.95. The molecule has 0 unspecified atom stereocenters. The molecule has 0 aliphatic heterocycles. The lowest BCUT2D eigenvalue weighted by atomic mass is 10.1. The van der Waals surface area contributed by atoms with Crippen LogP contribution in [-0.2, 0) is 11.2 Å². The minimum atomic E-state index is -0.168. The molecule has 0 aliphatic carbocycles. The van der Waals surface area contributed by atoms with Crippen molar-refractivity contribution in [2.75, 3.05) is 0 Å². The number of nitrogens with zero attached hydrogens (tertiary/aromatic N) is 1. The van der Waals surface area contributed by atoms with Gasteiger partial charge in [0.2, 0.25) is 0 Å². The van der Waals surface area contributed by atoms with Gasteiger partial charge in [0.05, 0.1) is 5.69 Å². The third-order valence-corrected chi connectivity index (χ3v) is 2.43. The van der Waals surface area contributed by atoms with Crippen LogP contribution in [0, 0.1) is 0 Å². The number of H-pyrrole nitrogens is 1. The van der Waals surface area contributed by atoms with Crippen molar-refractivity contribution in [3.63, 3.8) is 0 Å². The average Bonchev–Trinajstić information content (AvgIpc) is 2.73. The van der Waals surface area contributed by atoms with Gasteiger partial charge in [0, 0.05) is 18.8 Å². The highest BCUT2D eigenvalue weighted by molar-refractivity contribution is 5.51. The van der Waals surface area contributed by atoms with E-state index in [-0.39, 0.29) is 5.69 Å². The first kappa shape index (κ1) is 10.4. The maximum Gasteiger partial charge on any atom is 0.330 e. The van der Waals surface area contributed by atoms with Crippen LogP contribution in [0.4, 0.5) is 0 Å². The van der Waals surface area contributed by atoms with Crippen LogP contribution in [-0.4, -0.2) is 15.8 Å². The zero-order chi connectivity index (χ0) is 11.4. The van der Waals surface area contributed by atoms with Crippen molar-refractivity contribution in [2.24, 2.45) is 0 Å². The molecule has 1 aromatic carbocycles. The lowest BCUT2D eigenvalue weighted by molar-refractivity contribution is -0.107. The van der Waals surface area contributed by atoms with Crippen LogP contribution in [0.15, 0.2) is 41.5 Å². The van der Waals surface area contributed by atoms with E-state index in [2.05, 4.69) is 4.98 Å². The standard InChI is InChI=1S/C12H12N2O2/c15-9-3-5-10-4-1-2-6-11(10)14-8-7-13-12(14)16/h1-2,4,6-9H,3,5H2,(H,13,16). The Morgan fingerprint density at radius 3 is 2.81 bits per heavy atom. The topological polar surface area (TPSA) is 54.9 Å². The maximum atomic E-state index is 11.5. The van der Waals surface area contributed by atoms with Gasteiger partial charge in [0.1, 0.15) is 6.29 Å². The molecule has 4 heteroatoms. The molecule has 0 bridgehead atoms. The fourth-order valence-electron chi connectivity index (χ4n) is 1.68. The molecule has 4 nitrogen and oxygen atoms in total. The lowest BCUT2D eigenvalue weighted by Gasteiger charge is -2.07. The first-order valence-corrected chi connectivity index (χ1v) is 5.11. The Balaban J connectivity index is 2.44. The molecule has 0 spiro atoms. The summed E-state index contributed by atoms with van der Waals surface area (Å²) >= 11 is 0. The summed E-state index contributed by atoms with van der Waals surface area (Å²) in [5.74, 6) is 0. The van der Waals surface area contributed by atoms with Gasteiger partial charge in [0.25, 0.3) is 0 Å². The fraction of sp³-hybridized carbons (Fsp3) is 0.167. The van der Waals surface area contributed by atoms with Gasteiger partial charge in [-0.1, -0.05) is 18.2 Å². The summed E-state index contributed by atoms with van der Waals surface area (Å²) in [6, 6.07) is 7.58. The number of benzene rings is 1. The average molecular weight is 216 g/mol. The van der Waals surface area contributed by atoms with Gasteiger partial charge in [-0.25, -0.2) is 4.79 Å². The number of carbonyl (C=O) groups excluding carboxylic acids is 1. The highest BCUT2D eigenvalue weighted by Gasteiger charge is 2.05. The number of aldehydes is 1. The Hall–Kier alpha value is -2.10. The zero-order valence-electron chi connectivity index (χ0n) is 8.72. The van der Waals surface area contributed by atoms with Crippen molar-refractivity contribution in [3.8, 4) is 5.69 Å². The summed E-state index contributed by atoms with van der Waals surface area (Å²) in [6.45, 7) is 0. The smallest absolute Gasteiger partial charge is 0.312 e. The summed E-state index contributed by atoms with van der Waals surface area (Å²) in [4.78, 5) is 24.4. The van der Waals surface area contributed by atoms with E-state index in [1.807, 2.05) is 24.3 Å². The quantitative estimate of drug-likeness (QED) is 0.783. The monoisotopic (exact) mass is 216 g/mol. The molecule has 1 N–H and O–H groups in total. The number of aromatic nitrogens is 2. The first-order valence-electron chi connectivity index (χ1n) is 5.11. The van der Waals surface area contributed by atoms with Crippen LogP contribution in [0.3, 0.4) is 0 Å². The van der Waals surface area contributed by atoms with Crippen molar-refractivity contribution in [1.29, 1.82) is 0 Å². The Bertz CT molecular complexity index is 540. The van der Waals surface area contributed by atoms with Crippen molar-refractivity contribution >= 4 is 6.29 Å². The number of aryl methyl sites for hydroxylation is 1. The molecule has 0 atom stereocenters. The molecule has 1 aromatic heterocycles. The van der Waals surface area contributed by atoms with Crippen molar-refractivity contribution < 1.29 is 4.79 Å². The zero-order valence-corrected chi connectivity index (χ0v) is 8.72. The maximum absolute atomic E-state index is 11.5. The number of hydrogen-bond donors (Lipinski definition) is 1. The Labute approximate surface area is 92.5 Å². The Morgan fingerprint density at radius 1 is 1.31 bits per heavy atom. The molecule has 0 aliphatic rings. The Kier molecular flexibility index (Phi) is 3.00. The molecular weight excluding hydrogens is 204 g/mol. The second-order valence-corrected chi connectivity index (χ2v) is 3.47. The predicted octanol–water partition coefficient (Wildman–Crippen LogP) is 1.30. The van der Waals surface area contributed by atoms with Gasteiger partial charge in [-0.3, -0.25) is 4.57 Å². The summed E-state index contributed by atoms with van der Waals surface area (Å²) in [6.07, 6.45) is 5.28. The number of imidazole rings is 1. The fourth-order valence-corrected chi connectivity index (χ4v) is 1.68. The largest absolute Gasteiger partial charge is 0.330 e. The number of rotatable bonds is 4. The van der Waals surface area contributed by atoms with Crippen molar-refractivity contribution in [1.82, 2.24) is 9.55 Å². The first-order chi connectivity index (χ1) is 7.83. The second-order valence-electron chi connectivity index (χ2n) is 3.47. The van der Waals surface area contributed by atoms with Crippen LogP contribution in [0.5, 0.6) is 0 Å². The molecule has 0 radical (unpaired) electrons. The van der Waals surface area contributed by atoms with Gasteiger partial charge in [0.15, 0.2) is 0 Å². The minimum Gasteiger partial charge on any atom is -0.312 e. The van der Waals surface area contributed by atoms with Crippen LogP contribution >= 0.6 is 0 Å². The summed E-state index contributed by atoms with van der Waals surface area (Å²) in [5, 5.41) is 0. The number of hydrogen-bond acceptors (Lipinski definition) is 2. The molecule has 82 valence electrons. The molecule has 0 fully saturated rings. The molecule has 0 saturated carbocycles. The summed E-state index contributed by atoms with van der Waals surface area (Å²) < 4.78 is 1.54. The van der Waals surface area contributed by atoms with Crippen molar-refractivity contribution in [3.05, 3.63) is 52.7 Å². The molecule has 16 heavy (non-hydrogen) atoms. The number of para-hydroxylation sites is 1. The minimum absolute atomic E-state index is 0.168. The number of nitrogens with one attached hydrogen (secondary N) is 1. The molecule has 1 heterocycles. The van der Waals surface area contributed by atoms with Gasteiger partial charge < -0.3 is 9.78 Å². The van der Waals surface area contributed by atoms with E-state index < -0.39 is 0 Å². The van der Waals surface area contributed by atoms with Gasteiger partial charge in [-0.05, 0) is 18.1 Å².